The predicted octanol–water partition coefficient (Wildman–Crippen LogP) is 3.33. The largest absolute Gasteiger partial charge is 0.358 e. The van der Waals surface area contributed by atoms with Crippen LogP contribution in [0.4, 0.5) is 0 Å². The highest BCUT2D eigenvalue weighted by molar-refractivity contribution is 5.92. The van der Waals surface area contributed by atoms with Crippen LogP contribution in [0.1, 0.15) is 50.0 Å². The van der Waals surface area contributed by atoms with Crippen LogP contribution < -0.4 is 11.3 Å². The van der Waals surface area contributed by atoms with Crippen molar-refractivity contribution >= 4 is 22.9 Å². The van der Waals surface area contributed by atoms with Gasteiger partial charge in [0, 0.05) is 12.6 Å². The highest BCUT2D eigenvalue weighted by Gasteiger charge is 2.22. The summed E-state index contributed by atoms with van der Waals surface area (Å²) in [7, 11) is 0. The molecule has 0 saturated heterocycles. The molecule has 0 fully saturated rings. The fourth-order valence-corrected chi connectivity index (χ4v) is 3.58. The number of amides is 1. The molecule has 6 heteroatoms. The van der Waals surface area contributed by atoms with Crippen LogP contribution in [-0.2, 0) is 4.79 Å². The molecule has 6 nitrogen and oxygen atoms in total. The van der Waals surface area contributed by atoms with E-state index in [2.05, 4.69) is 15.7 Å². The number of para-hydroxylation sites is 1. The lowest BCUT2D eigenvalue weighted by atomic mass is 10.1. The number of aromatic amines is 1. The van der Waals surface area contributed by atoms with E-state index in [9.17, 15) is 9.59 Å². The SMILES string of the molecule is C[C@H](c1nc2ccccc2c(=O)[nH]1)N(CCCCCC[NH3+])C(=O)/C=C/c1ccccc1. The fraction of sp³-hybridized carbons (Fsp3) is 0.320. The lowest BCUT2D eigenvalue weighted by Crippen LogP contribution is -2.50. The van der Waals surface area contributed by atoms with E-state index >= 15 is 0 Å². The Morgan fingerprint density at radius 1 is 1.06 bits per heavy atom. The van der Waals surface area contributed by atoms with Gasteiger partial charge in [-0.05, 0) is 50.0 Å². The molecule has 1 heterocycles. The number of rotatable bonds is 10. The van der Waals surface area contributed by atoms with Crippen LogP contribution in [0.15, 0.2) is 65.5 Å². The number of H-pyrrole nitrogens is 1. The Balaban J connectivity index is 1.83. The van der Waals surface area contributed by atoms with Crippen molar-refractivity contribution in [3.05, 3.63) is 82.4 Å². The third kappa shape index (κ3) is 6.12. The number of quaternary nitrogens is 1. The minimum atomic E-state index is -0.349. The Labute approximate surface area is 182 Å². The van der Waals surface area contributed by atoms with E-state index in [1.165, 1.54) is 0 Å². The van der Waals surface area contributed by atoms with Gasteiger partial charge in [-0.1, -0.05) is 48.9 Å². The van der Waals surface area contributed by atoms with Gasteiger partial charge in [-0.15, -0.1) is 0 Å². The topological polar surface area (TPSA) is 93.7 Å². The molecule has 0 spiro atoms. The van der Waals surface area contributed by atoms with Crippen molar-refractivity contribution in [3.8, 4) is 0 Å². The minimum Gasteiger partial charge on any atom is -0.358 e. The van der Waals surface area contributed by atoms with Crippen molar-refractivity contribution in [1.82, 2.24) is 14.9 Å². The molecule has 0 bridgehead atoms. The highest BCUT2D eigenvalue weighted by Crippen LogP contribution is 2.20. The van der Waals surface area contributed by atoms with E-state index in [4.69, 9.17) is 0 Å². The summed E-state index contributed by atoms with van der Waals surface area (Å²) < 4.78 is 0. The lowest BCUT2D eigenvalue weighted by Gasteiger charge is -2.28. The van der Waals surface area contributed by atoms with E-state index < -0.39 is 0 Å². The molecule has 31 heavy (non-hydrogen) atoms. The summed E-state index contributed by atoms with van der Waals surface area (Å²) >= 11 is 0. The van der Waals surface area contributed by atoms with Crippen LogP contribution in [0.5, 0.6) is 0 Å². The average Bonchev–Trinajstić information content (AvgIpc) is 2.80. The van der Waals surface area contributed by atoms with Crippen LogP contribution in [-0.4, -0.2) is 33.9 Å². The van der Waals surface area contributed by atoms with Crippen LogP contribution in [0.25, 0.3) is 17.0 Å². The van der Waals surface area contributed by atoms with Crippen molar-refractivity contribution in [1.29, 1.82) is 0 Å². The zero-order chi connectivity index (χ0) is 22.1. The summed E-state index contributed by atoms with van der Waals surface area (Å²) in [5.41, 5.74) is 5.30. The van der Waals surface area contributed by atoms with Gasteiger partial charge in [0.1, 0.15) is 5.82 Å². The zero-order valence-corrected chi connectivity index (χ0v) is 18.1. The molecule has 3 rings (SSSR count). The number of carbonyl (C=O) groups excluding carboxylic acids is 1. The van der Waals surface area contributed by atoms with E-state index in [0.717, 1.165) is 37.8 Å². The second-order valence-corrected chi connectivity index (χ2v) is 7.69. The first-order valence-corrected chi connectivity index (χ1v) is 10.9. The van der Waals surface area contributed by atoms with Crippen LogP contribution >= 0.6 is 0 Å². The van der Waals surface area contributed by atoms with Gasteiger partial charge in [0.25, 0.3) is 5.56 Å². The van der Waals surface area contributed by atoms with Gasteiger partial charge in [-0.3, -0.25) is 9.59 Å². The molecule has 1 atom stereocenters. The van der Waals surface area contributed by atoms with E-state index in [1.807, 2.05) is 61.5 Å². The first-order chi connectivity index (χ1) is 15.1. The Morgan fingerprint density at radius 2 is 1.77 bits per heavy atom. The average molecular weight is 420 g/mol. The predicted molar refractivity (Wildman–Crippen MR) is 124 cm³/mol. The summed E-state index contributed by atoms with van der Waals surface area (Å²) in [5.74, 6) is 0.409. The molecule has 0 aliphatic rings. The number of unbranched alkanes of at least 4 members (excludes halogenated alkanes) is 3. The number of nitrogens with zero attached hydrogens (tertiary/aromatic N) is 2. The van der Waals surface area contributed by atoms with Gasteiger partial charge in [0.15, 0.2) is 0 Å². The molecular weight excluding hydrogens is 388 g/mol. The third-order valence-corrected chi connectivity index (χ3v) is 5.39. The Hall–Kier alpha value is -3.25. The molecule has 0 unspecified atom stereocenters. The van der Waals surface area contributed by atoms with Crippen LogP contribution in [0.3, 0.4) is 0 Å². The number of aromatic nitrogens is 2. The van der Waals surface area contributed by atoms with Gasteiger partial charge in [-0.25, -0.2) is 4.98 Å². The Kier molecular flexibility index (Phi) is 8.12. The molecule has 0 saturated carbocycles. The van der Waals surface area contributed by atoms with E-state index in [1.54, 1.807) is 17.0 Å². The summed E-state index contributed by atoms with van der Waals surface area (Å²) in [6.45, 7) is 3.45. The third-order valence-electron chi connectivity index (χ3n) is 5.39. The molecule has 3 aromatic rings. The number of hydrogen-bond donors (Lipinski definition) is 2. The van der Waals surface area contributed by atoms with Crippen molar-refractivity contribution in [2.24, 2.45) is 0 Å². The Bertz CT molecular complexity index is 1080. The van der Waals surface area contributed by atoms with Gasteiger partial charge in [0.05, 0.1) is 23.5 Å². The first-order valence-electron chi connectivity index (χ1n) is 10.9. The van der Waals surface area contributed by atoms with Gasteiger partial charge >= 0.3 is 0 Å². The van der Waals surface area contributed by atoms with Crippen molar-refractivity contribution < 1.29 is 10.5 Å². The normalized spacial score (nSPS) is 12.3. The number of nitrogens with one attached hydrogen (secondary N) is 1. The summed E-state index contributed by atoms with van der Waals surface area (Å²) in [4.78, 5) is 34.9. The maximum atomic E-state index is 13.1. The molecule has 1 amide bonds. The molecule has 4 N–H and O–H groups in total. The smallest absolute Gasteiger partial charge is 0.258 e. The molecule has 0 radical (unpaired) electrons. The fourth-order valence-electron chi connectivity index (χ4n) is 3.58. The standard InChI is InChI=1S/C25H30N4O2/c1-19(24-27-22-14-8-7-13-21(22)25(31)28-24)29(18-10-3-2-9-17-26)23(30)16-15-20-11-5-4-6-12-20/h4-8,11-16,19H,2-3,9-10,17-18,26H2,1H3,(H,27,28,31)/p+1/b16-15+/t19-/m1/s1. The minimum absolute atomic E-state index is 0.0932. The summed E-state index contributed by atoms with van der Waals surface area (Å²) in [6, 6.07) is 16.6. The molecule has 0 aliphatic heterocycles. The lowest BCUT2D eigenvalue weighted by molar-refractivity contribution is -0.368. The second kappa shape index (κ2) is 11.2. The van der Waals surface area contributed by atoms with Gasteiger partial charge in [0.2, 0.25) is 5.91 Å². The molecule has 1 aromatic heterocycles. The molecule has 162 valence electrons. The number of fused-ring (bicyclic) bond motifs is 1. The molecule has 0 aliphatic carbocycles. The van der Waals surface area contributed by atoms with Crippen molar-refractivity contribution in [2.75, 3.05) is 13.1 Å². The second-order valence-electron chi connectivity index (χ2n) is 7.69. The van der Waals surface area contributed by atoms with Gasteiger partial charge in [-0.2, -0.15) is 0 Å². The quantitative estimate of drug-likeness (QED) is 0.390. The Morgan fingerprint density at radius 3 is 2.55 bits per heavy atom. The van der Waals surface area contributed by atoms with Crippen LogP contribution in [0.2, 0.25) is 0 Å². The maximum absolute atomic E-state index is 13.1. The first kappa shape index (κ1) is 22.4. The van der Waals surface area contributed by atoms with E-state index in [0.29, 0.717) is 23.3 Å². The summed E-state index contributed by atoms with van der Waals surface area (Å²) in [6.07, 6.45) is 7.55. The van der Waals surface area contributed by atoms with E-state index in [-0.39, 0.29) is 17.5 Å². The zero-order valence-electron chi connectivity index (χ0n) is 18.1. The molecule has 2 aromatic carbocycles. The van der Waals surface area contributed by atoms with Crippen molar-refractivity contribution in [2.45, 2.75) is 38.6 Å². The molecular formula is C25H31N4O2+. The van der Waals surface area contributed by atoms with Crippen molar-refractivity contribution in [3.63, 3.8) is 0 Å². The monoisotopic (exact) mass is 419 g/mol. The highest BCUT2D eigenvalue weighted by atomic mass is 16.2. The number of carbonyl (C=O) groups is 1. The summed E-state index contributed by atoms with van der Waals surface area (Å²) in [5, 5.41) is 0.550. The number of hydrogen-bond acceptors (Lipinski definition) is 3. The number of benzene rings is 2. The van der Waals surface area contributed by atoms with Crippen LogP contribution in [0, 0.1) is 0 Å². The van der Waals surface area contributed by atoms with Gasteiger partial charge < -0.3 is 15.6 Å². The maximum Gasteiger partial charge on any atom is 0.258 e.